The molecule has 0 aliphatic carbocycles. The molecule has 0 radical (unpaired) electrons. The zero-order valence-electron chi connectivity index (χ0n) is 20.9. The van der Waals surface area contributed by atoms with Crippen LogP contribution in [0.15, 0.2) is 59.0 Å². The van der Waals surface area contributed by atoms with Crippen LogP contribution >= 0.6 is 11.6 Å². The predicted molar refractivity (Wildman–Crippen MR) is 141 cm³/mol. The number of nitrogens with zero attached hydrogens (tertiary/aromatic N) is 2. The number of benzene rings is 2. The molecular weight excluding hydrogens is 480 g/mol. The van der Waals surface area contributed by atoms with Crippen LogP contribution in [0.25, 0.3) is 0 Å². The number of allylic oxidation sites excluding steroid dienone is 2. The highest BCUT2D eigenvalue weighted by molar-refractivity contribution is 6.30. The molecule has 0 unspecified atom stereocenters. The summed E-state index contributed by atoms with van der Waals surface area (Å²) < 4.78 is 16.9. The number of amides is 1. The minimum Gasteiger partial charge on any atom is -0.493 e. The average Bonchev–Trinajstić information content (AvgIpc) is 3.30. The maximum absolute atomic E-state index is 12.2. The van der Waals surface area contributed by atoms with Gasteiger partial charge in [0.2, 0.25) is 5.91 Å². The minimum absolute atomic E-state index is 0.0423. The van der Waals surface area contributed by atoms with Gasteiger partial charge in [-0.25, -0.2) is 0 Å². The summed E-state index contributed by atoms with van der Waals surface area (Å²) in [6.45, 7) is 4.81. The largest absolute Gasteiger partial charge is 0.493 e. The van der Waals surface area contributed by atoms with Crippen LogP contribution in [0, 0.1) is 5.92 Å². The first-order chi connectivity index (χ1) is 17.4. The summed E-state index contributed by atoms with van der Waals surface area (Å²) in [7, 11) is 1.57. The molecule has 0 bridgehead atoms. The number of hydrogen-bond donors (Lipinski definition) is 2. The van der Waals surface area contributed by atoms with Crippen molar-refractivity contribution in [3.8, 4) is 11.5 Å². The van der Waals surface area contributed by atoms with E-state index in [-0.39, 0.29) is 18.5 Å². The Labute approximate surface area is 217 Å². The van der Waals surface area contributed by atoms with Gasteiger partial charge < -0.3 is 24.5 Å². The lowest BCUT2D eigenvalue weighted by molar-refractivity contribution is -0.121. The number of anilines is 2. The summed E-state index contributed by atoms with van der Waals surface area (Å²) in [5.74, 6) is 2.00. The topological polar surface area (TPSA) is 98.5 Å². The van der Waals surface area contributed by atoms with E-state index >= 15 is 0 Å². The second kappa shape index (κ2) is 14.1. The van der Waals surface area contributed by atoms with Gasteiger partial charge in [0.25, 0.3) is 5.89 Å². The summed E-state index contributed by atoms with van der Waals surface area (Å²) in [6.07, 6.45) is 7.79. The molecule has 8 nitrogen and oxygen atoms in total. The maximum atomic E-state index is 12.2. The number of nitrogens with one attached hydrogen (secondary N) is 2. The number of ether oxygens (including phenoxy) is 2. The van der Waals surface area contributed by atoms with Gasteiger partial charge in [-0.05, 0) is 61.1 Å². The fourth-order valence-electron chi connectivity index (χ4n) is 3.34. The van der Waals surface area contributed by atoms with Gasteiger partial charge in [-0.2, -0.15) is 0 Å². The molecule has 1 amide bonds. The number of hydrogen-bond acceptors (Lipinski definition) is 7. The van der Waals surface area contributed by atoms with Crippen LogP contribution in [0.5, 0.6) is 11.5 Å². The van der Waals surface area contributed by atoms with E-state index in [0.717, 1.165) is 30.5 Å². The van der Waals surface area contributed by atoms with Gasteiger partial charge in [0.1, 0.15) is 0 Å². The Bertz CT molecular complexity index is 1150. The van der Waals surface area contributed by atoms with Gasteiger partial charge in [0.15, 0.2) is 18.1 Å². The SMILES string of the molecule is COc1cc(CNC(=O)CCCC/C=C/C(C)C)ccc1OCc1nnc(Nc2cccc(Cl)c2)o1. The molecule has 0 aliphatic heterocycles. The van der Waals surface area contributed by atoms with Crippen LogP contribution in [0.1, 0.15) is 51.0 Å². The van der Waals surface area contributed by atoms with E-state index in [1.54, 1.807) is 25.3 Å². The molecule has 0 spiro atoms. The lowest BCUT2D eigenvalue weighted by atomic mass is 10.1. The molecule has 1 aromatic heterocycles. The number of methoxy groups -OCH3 is 1. The highest BCUT2D eigenvalue weighted by Gasteiger charge is 2.11. The average molecular weight is 513 g/mol. The Morgan fingerprint density at radius 2 is 2.00 bits per heavy atom. The predicted octanol–water partition coefficient (Wildman–Crippen LogP) is 6.44. The van der Waals surface area contributed by atoms with Gasteiger partial charge in [-0.3, -0.25) is 4.79 Å². The first-order valence-corrected chi connectivity index (χ1v) is 12.4. The summed E-state index contributed by atoms with van der Waals surface area (Å²) in [5.41, 5.74) is 1.65. The monoisotopic (exact) mass is 512 g/mol. The normalized spacial score (nSPS) is 11.1. The molecule has 0 saturated carbocycles. The van der Waals surface area contributed by atoms with Gasteiger partial charge in [-0.15, -0.1) is 5.10 Å². The van der Waals surface area contributed by atoms with Crippen LogP contribution < -0.4 is 20.1 Å². The fraction of sp³-hybridized carbons (Fsp3) is 0.370. The number of carbonyl (C=O) groups excluding carboxylic acids is 1. The van der Waals surface area contributed by atoms with Crippen molar-refractivity contribution in [1.82, 2.24) is 15.5 Å². The van der Waals surface area contributed by atoms with E-state index in [4.69, 9.17) is 25.5 Å². The molecule has 1 heterocycles. The first kappa shape index (κ1) is 27.1. The summed E-state index contributed by atoms with van der Waals surface area (Å²) >= 11 is 5.99. The zero-order chi connectivity index (χ0) is 25.8. The third-order valence-electron chi connectivity index (χ3n) is 5.16. The molecule has 9 heteroatoms. The van der Waals surface area contributed by atoms with Crippen LogP contribution in [0.2, 0.25) is 5.02 Å². The first-order valence-electron chi connectivity index (χ1n) is 12.0. The Kier molecular flexibility index (Phi) is 10.6. The molecular formula is C27H33ClN4O4. The number of unbranched alkanes of at least 4 members (excludes halogenated alkanes) is 2. The van der Waals surface area contributed by atoms with Crippen LogP contribution in [-0.4, -0.2) is 23.2 Å². The van der Waals surface area contributed by atoms with E-state index in [9.17, 15) is 4.79 Å². The molecule has 36 heavy (non-hydrogen) atoms. The molecule has 192 valence electrons. The van der Waals surface area contributed by atoms with Crippen molar-refractivity contribution in [2.24, 2.45) is 5.92 Å². The Morgan fingerprint density at radius 1 is 1.14 bits per heavy atom. The van der Waals surface area contributed by atoms with Crippen molar-refractivity contribution in [3.63, 3.8) is 0 Å². The van der Waals surface area contributed by atoms with E-state index in [2.05, 4.69) is 46.8 Å². The van der Waals surface area contributed by atoms with Crippen molar-refractivity contribution in [2.45, 2.75) is 52.7 Å². The third-order valence-corrected chi connectivity index (χ3v) is 5.39. The number of aromatic nitrogens is 2. The number of carbonyl (C=O) groups is 1. The Morgan fingerprint density at radius 3 is 2.78 bits per heavy atom. The quantitative estimate of drug-likeness (QED) is 0.189. The fourth-order valence-corrected chi connectivity index (χ4v) is 3.53. The van der Waals surface area contributed by atoms with Crippen molar-refractivity contribution >= 4 is 29.2 Å². The Hall–Kier alpha value is -3.52. The van der Waals surface area contributed by atoms with E-state index in [1.807, 2.05) is 24.3 Å². The molecule has 0 atom stereocenters. The standard InChI is InChI=1S/C27H33ClN4O4/c1-19(2)9-6-4-5-7-12-25(33)29-17-20-13-14-23(24(15-20)34-3)35-18-26-31-32-27(36-26)30-22-11-8-10-21(28)16-22/h6,8-11,13-16,19H,4-5,7,12,17-18H2,1-3H3,(H,29,33)(H,30,32)/b9-6+. The van der Waals surface area contributed by atoms with Gasteiger partial charge in [-0.1, -0.05) is 54.8 Å². The van der Waals surface area contributed by atoms with Gasteiger partial charge >= 0.3 is 6.01 Å². The number of rotatable bonds is 14. The Balaban J connectivity index is 1.44. The second-order valence-electron chi connectivity index (χ2n) is 8.60. The molecule has 2 aromatic carbocycles. The van der Waals surface area contributed by atoms with Crippen molar-refractivity contribution < 1.29 is 18.7 Å². The lowest BCUT2D eigenvalue weighted by Crippen LogP contribution is -2.22. The summed E-state index contributed by atoms with van der Waals surface area (Å²) in [4.78, 5) is 12.2. The van der Waals surface area contributed by atoms with E-state index in [1.165, 1.54) is 0 Å². The highest BCUT2D eigenvalue weighted by Crippen LogP contribution is 2.29. The van der Waals surface area contributed by atoms with Crippen LogP contribution in [0.4, 0.5) is 11.7 Å². The number of halogens is 1. The van der Waals surface area contributed by atoms with Gasteiger partial charge in [0.05, 0.1) is 7.11 Å². The second-order valence-corrected chi connectivity index (χ2v) is 9.04. The molecule has 3 rings (SSSR count). The van der Waals surface area contributed by atoms with Crippen molar-refractivity contribution in [3.05, 3.63) is 71.1 Å². The summed E-state index contributed by atoms with van der Waals surface area (Å²) in [6, 6.07) is 12.9. The molecule has 0 aliphatic rings. The summed E-state index contributed by atoms with van der Waals surface area (Å²) in [5, 5.41) is 14.5. The molecule has 2 N–H and O–H groups in total. The maximum Gasteiger partial charge on any atom is 0.320 e. The molecule has 0 saturated heterocycles. The zero-order valence-corrected chi connectivity index (χ0v) is 21.7. The van der Waals surface area contributed by atoms with Crippen LogP contribution in [-0.2, 0) is 17.9 Å². The smallest absolute Gasteiger partial charge is 0.320 e. The third kappa shape index (κ3) is 9.26. The van der Waals surface area contributed by atoms with Crippen LogP contribution in [0.3, 0.4) is 0 Å². The lowest BCUT2D eigenvalue weighted by Gasteiger charge is -2.12. The van der Waals surface area contributed by atoms with E-state index in [0.29, 0.717) is 41.3 Å². The highest BCUT2D eigenvalue weighted by atomic mass is 35.5. The van der Waals surface area contributed by atoms with Crippen molar-refractivity contribution in [2.75, 3.05) is 12.4 Å². The molecule has 3 aromatic rings. The van der Waals surface area contributed by atoms with Gasteiger partial charge in [0, 0.05) is 23.7 Å². The van der Waals surface area contributed by atoms with Crippen molar-refractivity contribution in [1.29, 1.82) is 0 Å². The molecule has 0 fully saturated rings. The van der Waals surface area contributed by atoms with E-state index < -0.39 is 0 Å². The minimum atomic E-state index is 0.0423.